The number of hydrogen-bond acceptors (Lipinski definition) is 2. The van der Waals surface area contributed by atoms with Crippen LogP contribution >= 0.6 is 23.2 Å². The zero-order chi connectivity index (χ0) is 16.2. The molecule has 21 heavy (non-hydrogen) atoms. The Bertz CT molecular complexity index is 456. The van der Waals surface area contributed by atoms with Gasteiger partial charge in [-0.15, -0.1) is 0 Å². The van der Waals surface area contributed by atoms with Gasteiger partial charge in [0.25, 0.3) is 0 Å². The van der Waals surface area contributed by atoms with Crippen molar-refractivity contribution in [3.8, 4) is 0 Å². The van der Waals surface area contributed by atoms with Crippen LogP contribution in [0.3, 0.4) is 0 Å². The Hall–Kier alpha value is -0.350. The molecule has 0 heterocycles. The fourth-order valence-electron chi connectivity index (χ4n) is 2.56. The first-order valence-corrected chi connectivity index (χ1v) is 8.13. The van der Waals surface area contributed by atoms with Crippen molar-refractivity contribution in [3.05, 3.63) is 33.6 Å². The summed E-state index contributed by atoms with van der Waals surface area (Å²) < 4.78 is 13.6. The molecule has 0 fully saturated rings. The topological polar surface area (TPSA) is 15.3 Å². The molecule has 0 radical (unpaired) electrons. The Balaban J connectivity index is 2.67. The van der Waals surface area contributed by atoms with Crippen molar-refractivity contribution in [1.29, 1.82) is 0 Å². The van der Waals surface area contributed by atoms with E-state index in [0.717, 1.165) is 13.1 Å². The molecular formula is C16H25Cl2FN2. The predicted molar refractivity (Wildman–Crippen MR) is 89.8 cm³/mol. The van der Waals surface area contributed by atoms with Gasteiger partial charge in [0.2, 0.25) is 0 Å². The third kappa shape index (κ3) is 5.10. The van der Waals surface area contributed by atoms with E-state index in [4.69, 9.17) is 23.2 Å². The van der Waals surface area contributed by atoms with Crippen LogP contribution in [-0.2, 0) is 0 Å². The van der Waals surface area contributed by atoms with E-state index in [1.807, 2.05) is 6.92 Å². The normalized spacial score (nSPS) is 13.5. The van der Waals surface area contributed by atoms with Gasteiger partial charge in [0.05, 0.1) is 5.02 Å². The van der Waals surface area contributed by atoms with Crippen LogP contribution in [0.25, 0.3) is 0 Å². The highest BCUT2D eigenvalue weighted by molar-refractivity contribution is 6.36. The van der Waals surface area contributed by atoms with Gasteiger partial charge in [0.15, 0.2) is 0 Å². The minimum Gasteiger partial charge on any atom is -0.309 e. The Labute approximate surface area is 137 Å². The molecule has 0 aliphatic rings. The Morgan fingerprint density at radius 1 is 1.10 bits per heavy atom. The SMILES string of the molecule is CC(NCCN(C(C)C)C(C)C)c1c(Cl)ccc(F)c1Cl. The fourth-order valence-corrected chi connectivity index (χ4v) is 3.26. The van der Waals surface area contributed by atoms with Gasteiger partial charge in [-0.1, -0.05) is 23.2 Å². The number of rotatable bonds is 7. The van der Waals surface area contributed by atoms with Crippen molar-refractivity contribution in [1.82, 2.24) is 10.2 Å². The summed E-state index contributed by atoms with van der Waals surface area (Å²) in [5, 5.41) is 3.97. The molecule has 1 atom stereocenters. The summed E-state index contributed by atoms with van der Waals surface area (Å²) in [6.45, 7) is 12.4. The van der Waals surface area contributed by atoms with E-state index < -0.39 is 5.82 Å². The molecule has 0 saturated heterocycles. The molecule has 0 amide bonds. The third-order valence-electron chi connectivity index (χ3n) is 3.66. The monoisotopic (exact) mass is 334 g/mol. The average Bonchev–Trinajstić information content (AvgIpc) is 2.38. The molecule has 0 spiro atoms. The Morgan fingerprint density at radius 3 is 2.19 bits per heavy atom. The van der Waals surface area contributed by atoms with Gasteiger partial charge < -0.3 is 5.32 Å². The van der Waals surface area contributed by atoms with Gasteiger partial charge in [-0.05, 0) is 46.8 Å². The standard InChI is InChI=1S/C16H25Cl2FN2/c1-10(2)21(11(3)4)9-8-20-12(5)15-13(17)6-7-14(19)16(15)18/h6-7,10-12,20H,8-9H2,1-5H3. The maximum absolute atomic E-state index is 13.6. The quantitative estimate of drug-likeness (QED) is 0.713. The Kier molecular flexibility index (Phi) is 7.41. The van der Waals surface area contributed by atoms with E-state index in [1.54, 1.807) is 6.07 Å². The second-order valence-corrected chi connectivity index (χ2v) is 6.64. The summed E-state index contributed by atoms with van der Waals surface area (Å²) in [6.07, 6.45) is 0. The molecule has 0 saturated carbocycles. The van der Waals surface area contributed by atoms with Gasteiger partial charge in [0.1, 0.15) is 5.82 Å². The molecule has 5 heteroatoms. The molecule has 0 aliphatic heterocycles. The second-order valence-electron chi connectivity index (χ2n) is 5.86. The lowest BCUT2D eigenvalue weighted by Crippen LogP contribution is -2.41. The van der Waals surface area contributed by atoms with Crippen LogP contribution in [-0.4, -0.2) is 30.1 Å². The molecule has 0 bridgehead atoms. The highest BCUT2D eigenvalue weighted by Crippen LogP contribution is 2.32. The van der Waals surface area contributed by atoms with Crippen LogP contribution in [0.5, 0.6) is 0 Å². The predicted octanol–water partition coefficient (Wildman–Crippen LogP) is 4.90. The number of nitrogens with zero attached hydrogens (tertiary/aromatic N) is 1. The summed E-state index contributed by atoms with van der Waals surface area (Å²) in [4.78, 5) is 2.40. The third-order valence-corrected chi connectivity index (χ3v) is 4.37. The number of hydrogen-bond donors (Lipinski definition) is 1. The lowest BCUT2D eigenvalue weighted by molar-refractivity contribution is 0.174. The van der Waals surface area contributed by atoms with Crippen LogP contribution < -0.4 is 5.32 Å². The largest absolute Gasteiger partial charge is 0.309 e. The highest BCUT2D eigenvalue weighted by atomic mass is 35.5. The first kappa shape index (κ1) is 18.7. The summed E-state index contributed by atoms with van der Waals surface area (Å²) in [7, 11) is 0. The van der Waals surface area contributed by atoms with E-state index in [1.165, 1.54) is 6.07 Å². The van der Waals surface area contributed by atoms with E-state index >= 15 is 0 Å². The maximum atomic E-state index is 13.6. The van der Waals surface area contributed by atoms with Crippen molar-refractivity contribution in [2.75, 3.05) is 13.1 Å². The fraction of sp³-hybridized carbons (Fsp3) is 0.625. The smallest absolute Gasteiger partial charge is 0.142 e. The van der Waals surface area contributed by atoms with Crippen LogP contribution in [0, 0.1) is 5.82 Å². The van der Waals surface area contributed by atoms with Gasteiger partial charge in [-0.2, -0.15) is 0 Å². The van der Waals surface area contributed by atoms with E-state index in [-0.39, 0.29) is 11.1 Å². The second kappa shape index (κ2) is 8.33. The summed E-state index contributed by atoms with van der Waals surface area (Å²) in [6, 6.07) is 3.72. The summed E-state index contributed by atoms with van der Waals surface area (Å²) in [5.41, 5.74) is 0.624. The van der Waals surface area contributed by atoms with E-state index in [0.29, 0.717) is 22.7 Å². The van der Waals surface area contributed by atoms with Gasteiger partial charge in [-0.3, -0.25) is 4.90 Å². The van der Waals surface area contributed by atoms with Crippen LogP contribution in [0.15, 0.2) is 12.1 Å². The first-order valence-electron chi connectivity index (χ1n) is 7.38. The number of halogens is 3. The lowest BCUT2D eigenvalue weighted by Gasteiger charge is -2.31. The van der Waals surface area contributed by atoms with Crippen molar-refractivity contribution >= 4 is 23.2 Å². The maximum Gasteiger partial charge on any atom is 0.142 e. The summed E-state index contributed by atoms with van der Waals surface area (Å²) >= 11 is 12.2. The van der Waals surface area contributed by atoms with Crippen LogP contribution in [0.4, 0.5) is 4.39 Å². The van der Waals surface area contributed by atoms with Crippen molar-refractivity contribution in [2.24, 2.45) is 0 Å². The van der Waals surface area contributed by atoms with Crippen molar-refractivity contribution < 1.29 is 4.39 Å². The van der Waals surface area contributed by atoms with Gasteiger partial charge >= 0.3 is 0 Å². The van der Waals surface area contributed by atoms with Crippen LogP contribution in [0.1, 0.15) is 46.2 Å². The van der Waals surface area contributed by atoms with Crippen molar-refractivity contribution in [2.45, 2.75) is 52.7 Å². The number of nitrogens with one attached hydrogen (secondary N) is 1. The number of benzene rings is 1. The van der Waals surface area contributed by atoms with Crippen molar-refractivity contribution in [3.63, 3.8) is 0 Å². The van der Waals surface area contributed by atoms with E-state index in [2.05, 4.69) is 37.9 Å². The molecule has 0 aliphatic carbocycles. The molecule has 1 rings (SSSR count). The van der Waals surface area contributed by atoms with E-state index in [9.17, 15) is 4.39 Å². The zero-order valence-electron chi connectivity index (χ0n) is 13.4. The van der Waals surface area contributed by atoms with Gasteiger partial charge in [0, 0.05) is 41.8 Å². The lowest BCUT2D eigenvalue weighted by atomic mass is 10.1. The minimum atomic E-state index is -0.435. The minimum absolute atomic E-state index is 0.0955. The molecule has 0 aromatic heterocycles. The zero-order valence-corrected chi connectivity index (χ0v) is 14.9. The van der Waals surface area contributed by atoms with Gasteiger partial charge in [-0.25, -0.2) is 4.39 Å². The average molecular weight is 335 g/mol. The molecule has 1 unspecified atom stereocenters. The molecule has 1 N–H and O–H groups in total. The Morgan fingerprint density at radius 2 is 1.67 bits per heavy atom. The first-order chi connectivity index (χ1) is 9.75. The molecule has 1 aromatic carbocycles. The van der Waals surface area contributed by atoms with Crippen LogP contribution in [0.2, 0.25) is 10.0 Å². The molecule has 1 aromatic rings. The highest BCUT2D eigenvalue weighted by Gasteiger charge is 2.18. The molecular weight excluding hydrogens is 310 g/mol. The molecule has 120 valence electrons. The molecule has 2 nitrogen and oxygen atoms in total. The summed E-state index contributed by atoms with van der Waals surface area (Å²) in [5.74, 6) is -0.435.